The smallest absolute Gasteiger partial charge is 0.166 e. The van der Waals surface area contributed by atoms with Gasteiger partial charge in [-0.05, 0) is 49.1 Å². The topological polar surface area (TPSA) is 32.9 Å². The van der Waals surface area contributed by atoms with Gasteiger partial charge in [0.05, 0.1) is 5.69 Å². The quantitative estimate of drug-likeness (QED) is 0.772. The van der Waals surface area contributed by atoms with E-state index < -0.39 is 0 Å². The molecule has 2 aliphatic rings. The summed E-state index contributed by atoms with van der Waals surface area (Å²) in [5.41, 5.74) is 3.53. The molecule has 1 unspecified atom stereocenters. The summed E-state index contributed by atoms with van der Waals surface area (Å²) in [6.45, 7) is 0. The van der Waals surface area contributed by atoms with Gasteiger partial charge in [0.25, 0.3) is 0 Å². The molecule has 106 valence electrons. The van der Waals surface area contributed by atoms with Crippen molar-refractivity contribution in [1.82, 2.24) is 4.98 Å². The Bertz CT molecular complexity index is 415. The molecule has 2 heteroatoms. The van der Waals surface area contributed by atoms with Crippen molar-refractivity contribution in [2.75, 3.05) is 0 Å². The van der Waals surface area contributed by atoms with Gasteiger partial charge in [0.2, 0.25) is 0 Å². The molecule has 1 aromatic rings. The first kappa shape index (κ1) is 14.4. The summed E-state index contributed by atoms with van der Waals surface area (Å²) in [6.07, 6.45) is 13.3. The molecule has 1 atom stereocenters. The van der Waals surface area contributed by atoms with Gasteiger partial charge in [-0.25, -0.2) is 0 Å². The molecule has 0 spiro atoms. The zero-order chi connectivity index (χ0) is 12.4. The van der Waals surface area contributed by atoms with E-state index in [2.05, 4.69) is 4.98 Å². The molecule has 3 rings (SSSR count). The molecule has 1 aromatic heterocycles. The van der Waals surface area contributed by atoms with Crippen molar-refractivity contribution >= 4 is 6.29 Å². The van der Waals surface area contributed by atoms with Crippen LogP contribution in [0, 0.1) is 5.92 Å². The minimum atomic E-state index is 0. The summed E-state index contributed by atoms with van der Waals surface area (Å²) >= 11 is 0. The summed E-state index contributed by atoms with van der Waals surface area (Å²) in [6, 6.07) is 2.04. The number of nitrogens with one attached hydrogen (secondary N) is 1. The van der Waals surface area contributed by atoms with Crippen molar-refractivity contribution in [3.63, 3.8) is 0 Å². The highest BCUT2D eigenvalue weighted by molar-refractivity contribution is 5.73. The van der Waals surface area contributed by atoms with Crippen LogP contribution in [0.15, 0.2) is 6.07 Å². The van der Waals surface area contributed by atoms with Crippen LogP contribution in [0.3, 0.4) is 0 Å². The number of H-pyrrole nitrogens is 1. The highest BCUT2D eigenvalue weighted by Gasteiger charge is 2.25. The molecule has 0 saturated heterocycles. The van der Waals surface area contributed by atoms with Crippen LogP contribution in [-0.2, 0) is 6.42 Å². The van der Waals surface area contributed by atoms with Crippen LogP contribution in [0.1, 0.15) is 86.5 Å². The molecule has 0 amide bonds. The number of fused-ring (bicyclic) bond motifs is 1. The third-order valence-electron chi connectivity index (χ3n) is 4.90. The molecule has 2 aliphatic carbocycles. The van der Waals surface area contributed by atoms with Gasteiger partial charge in [0.1, 0.15) is 0 Å². The fraction of sp³-hybridized carbons (Fsp3) is 0.706. The molecule has 1 heterocycles. The molecule has 0 aliphatic heterocycles. The Kier molecular flexibility index (Phi) is 4.84. The second kappa shape index (κ2) is 6.40. The van der Waals surface area contributed by atoms with Crippen molar-refractivity contribution in [3.8, 4) is 0 Å². The Labute approximate surface area is 117 Å². The zero-order valence-corrected chi connectivity index (χ0v) is 11.1. The van der Waals surface area contributed by atoms with Crippen molar-refractivity contribution in [2.24, 2.45) is 5.92 Å². The molecular formula is C17H27NO. The first-order valence-electron chi connectivity index (χ1n) is 7.54. The summed E-state index contributed by atoms with van der Waals surface area (Å²) in [4.78, 5) is 14.1. The van der Waals surface area contributed by atoms with E-state index in [4.69, 9.17) is 0 Å². The average Bonchev–Trinajstić information content (AvgIpc) is 2.97. The van der Waals surface area contributed by atoms with E-state index in [0.29, 0.717) is 5.92 Å². The maximum atomic E-state index is 10.8. The van der Waals surface area contributed by atoms with Gasteiger partial charge >= 0.3 is 0 Å². The number of aromatic amines is 1. The van der Waals surface area contributed by atoms with Crippen LogP contribution in [-0.4, -0.2) is 11.3 Å². The second-order valence-corrected chi connectivity index (χ2v) is 6.10. The predicted molar refractivity (Wildman–Crippen MR) is 79.8 cm³/mol. The Morgan fingerprint density at radius 3 is 2.68 bits per heavy atom. The normalized spacial score (nSPS) is 22.8. The van der Waals surface area contributed by atoms with Crippen LogP contribution in [0.4, 0.5) is 0 Å². The van der Waals surface area contributed by atoms with E-state index >= 15 is 0 Å². The monoisotopic (exact) mass is 261 g/mol. The summed E-state index contributed by atoms with van der Waals surface area (Å²) in [5, 5.41) is 0. The maximum absolute atomic E-state index is 10.8. The van der Waals surface area contributed by atoms with Gasteiger partial charge in [-0.15, -0.1) is 0 Å². The molecule has 1 fully saturated rings. The lowest BCUT2D eigenvalue weighted by Gasteiger charge is -2.22. The average molecular weight is 261 g/mol. The van der Waals surface area contributed by atoms with Crippen molar-refractivity contribution in [2.45, 2.75) is 71.1 Å². The Morgan fingerprint density at radius 1 is 1.16 bits per heavy atom. The zero-order valence-electron chi connectivity index (χ0n) is 11.1. The Hall–Kier alpha value is -1.05. The van der Waals surface area contributed by atoms with E-state index in [9.17, 15) is 4.79 Å². The number of aromatic nitrogens is 1. The highest BCUT2D eigenvalue weighted by Crippen LogP contribution is 2.38. The van der Waals surface area contributed by atoms with E-state index in [1.165, 1.54) is 62.6 Å². The van der Waals surface area contributed by atoms with Crippen LogP contribution in [0.5, 0.6) is 0 Å². The van der Waals surface area contributed by atoms with Gasteiger partial charge in [0.15, 0.2) is 6.29 Å². The van der Waals surface area contributed by atoms with E-state index in [1.807, 2.05) is 6.07 Å². The van der Waals surface area contributed by atoms with Gasteiger partial charge in [0, 0.05) is 5.69 Å². The van der Waals surface area contributed by atoms with Gasteiger partial charge < -0.3 is 4.98 Å². The minimum absolute atomic E-state index is 0. The molecule has 1 N–H and O–H groups in total. The lowest BCUT2D eigenvalue weighted by atomic mass is 9.84. The predicted octanol–water partition coefficient (Wildman–Crippen LogP) is 4.85. The van der Waals surface area contributed by atoms with Crippen LogP contribution >= 0.6 is 0 Å². The fourth-order valence-corrected chi connectivity index (χ4v) is 3.85. The number of rotatable bonds is 4. The van der Waals surface area contributed by atoms with Gasteiger partial charge in [-0.1, -0.05) is 39.5 Å². The summed E-state index contributed by atoms with van der Waals surface area (Å²) in [5.74, 6) is 1.67. The maximum Gasteiger partial charge on any atom is 0.166 e. The first-order valence-corrected chi connectivity index (χ1v) is 7.54. The van der Waals surface area contributed by atoms with Gasteiger partial charge in [-0.3, -0.25) is 4.79 Å². The van der Waals surface area contributed by atoms with E-state index in [-0.39, 0.29) is 7.43 Å². The van der Waals surface area contributed by atoms with E-state index in [0.717, 1.165) is 24.3 Å². The third-order valence-corrected chi connectivity index (χ3v) is 4.90. The molecule has 2 nitrogen and oxygen atoms in total. The van der Waals surface area contributed by atoms with Gasteiger partial charge in [-0.2, -0.15) is 0 Å². The number of hydrogen-bond acceptors (Lipinski definition) is 1. The fourth-order valence-electron chi connectivity index (χ4n) is 3.85. The standard InChI is InChI=1S/C16H23NO.CH4/c18-11-15-10-14-9-8-13(16(14)17-15)7-6-12-4-2-1-3-5-12;/h10-13,17H,1-9H2;1H4. The Balaban J connectivity index is 0.00000133. The molecule has 0 radical (unpaired) electrons. The lowest BCUT2D eigenvalue weighted by Crippen LogP contribution is -2.08. The molecule has 19 heavy (non-hydrogen) atoms. The summed E-state index contributed by atoms with van der Waals surface area (Å²) < 4.78 is 0. The summed E-state index contributed by atoms with van der Waals surface area (Å²) in [7, 11) is 0. The first-order chi connectivity index (χ1) is 8.86. The molecule has 1 saturated carbocycles. The van der Waals surface area contributed by atoms with Crippen LogP contribution in [0.25, 0.3) is 0 Å². The lowest BCUT2D eigenvalue weighted by molar-refractivity contribution is 0.111. The molecule has 0 bridgehead atoms. The second-order valence-electron chi connectivity index (χ2n) is 6.10. The number of carbonyl (C=O) groups excluding carboxylic acids is 1. The molecule has 0 aromatic carbocycles. The Morgan fingerprint density at radius 2 is 1.95 bits per heavy atom. The van der Waals surface area contributed by atoms with Crippen molar-refractivity contribution in [1.29, 1.82) is 0 Å². The third kappa shape index (κ3) is 3.10. The van der Waals surface area contributed by atoms with Crippen LogP contribution < -0.4 is 0 Å². The van der Waals surface area contributed by atoms with E-state index in [1.54, 1.807) is 0 Å². The van der Waals surface area contributed by atoms with Crippen LogP contribution in [0.2, 0.25) is 0 Å². The minimum Gasteiger partial charge on any atom is -0.356 e. The highest BCUT2D eigenvalue weighted by atomic mass is 16.1. The SMILES string of the molecule is C.O=Cc1cc2c([nH]1)C(CCC1CCCCC1)CC2. The molecular weight excluding hydrogens is 234 g/mol. The largest absolute Gasteiger partial charge is 0.356 e. The number of aldehydes is 1. The van der Waals surface area contributed by atoms with Crippen molar-refractivity contribution < 1.29 is 4.79 Å². The number of carbonyl (C=O) groups is 1. The van der Waals surface area contributed by atoms with Crippen molar-refractivity contribution in [3.05, 3.63) is 23.0 Å². The number of hydrogen-bond donors (Lipinski definition) is 1. The number of aryl methyl sites for hydroxylation is 1.